The fourth-order valence-corrected chi connectivity index (χ4v) is 1.14. The van der Waals surface area contributed by atoms with E-state index >= 15 is 0 Å². The minimum Gasteiger partial charge on any atom is -0.375 e. The zero-order valence-corrected chi connectivity index (χ0v) is 10.7. The third kappa shape index (κ3) is 7.35. The molecule has 0 spiro atoms. The molecule has 0 fully saturated rings. The molecule has 0 unspecified atom stereocenters. The summed E-state index contributed by atoms with van der Waals surface area (Å²) in [6, 6.07) is 0. The Hall–Kier alpha value is 0.690. The topological polar surface area (TPSA) is 9.23 Å². The Morgan fingerprint density at radius 2 is 1.83 bits per heavy atom. The molecule has 1 nitrogen and oxygen atoms in total. The number of unbranched alkanes of at least 4 members (excludes halogenated alkanes) is 3. The lowest BCUT2D eigenvalue weighted by atomic mass is 10.2. The zero-order valence-electron chi connectivity index (χ0n) is 8.53. The van der Waals surface area contributed by atoms with E-state index in [2.05, 4.69) is 43.4 Å². The Bertz CT molecular complexity index is 102. The molecule has 0 atom stereocenters. The monoisotopic (exact) mass is 284 g/mol. The number of alkyl halides is 1. The summed E-state index contributed by atoms with van der Waals surface area (Å²) >= 11 is 2.37. The summed E-state index contributed by atoms with van der Waals surface area (Å²) in [6.45, 7) is 7.46. The van der Waals surface area contributed by atoms with Gasteiger partial charge < -0.3 is 4.74 Å². The van der Waals surface area contributed by atoms with Crippen LogP contribution in [0.3, 0.4) is 0 Å². The molecule has 2 heteroatoms. The molecule has 0 aliphatic carbocycles. The molecule has 0 aliphatic heterocycles. The predicted octanol–water partition coefficient (Wildman–Crippen LogP) is 3.80. The van der Waals surface area contributed by atoms with Crippen LogP contribution in [-0.2, 0) is 4.74 Å². The van der Waals surface area contributed by atoms with Gasteiger partial charge in [0, 0.05) is 11.0 Å². The average molecular weight is 284 g/mol. The lowest BCUT2D eigenvalue weighted by Gasteiger charge is -2.22. The van der Waals surface area contributed by atoms with Crippen LogP contribution in [0.1, 0.15) is 46.5 Å². The van der Waals surface area contributed by atoms with Crippen LogP contribution in [0.2, 0.25) is 0 Å². The molecule has 12 heavy (non-hydrogen) atoms. The first kappa shape index (κ1) is 12.7. The van der Waals surface area contributed by atoms with Gasteiger partial charge in [-0.25, -0.2) is 0 Å². The SMILES string of the molecule is CCCCCCOC(C)(C)CI. The third-order valence-corrected chi connectivity index (χ3v) is 3.65. The second-order valence-electron chi connectivity index (χ2n) is 3.80. The van der Waals surface area contributed by atoms with Gasteiger partial charge in [0.15, 0.2) is 0 Å². The van der Waals surface area contributed by atoms with Crippen molar-refractivity contribution in [2.75, 3.05) is 11.0 Å². The Morgan fingerprint density at radius 1 is 1.17 bits per heavy atom. The maximum Gasteiger partial charge on any atom is 0.0715 e. The molecule has 74 valence electrons. The second-order valence-corrected chi connectivity index (χ2v) is 4.57. The van der Waals surface area contributed by atoms with Crippen molar-refractivity contribution in [1.82, 2.24) is 0 Å². The maximum atomic E-state index is 5.72. The summed E-state index contributed by atoms with van der Waals surface area (Å²) in [5.41, 5.74) is 0.0762. The van der Waals surface area contributed by atoms with Crippen LogP contribution >= 0.6 is 22.6 Å². The molecule has 0 aromatic rings. The van der Waals surface area contributed by atoms with E-state index in [0.717, 1.165) is 11.0 Å². The molecule has 0 aromatic carbocycles. The molecule has 0 N–H and O–H groups in total. The molecule has 0 rings (SSSR count). The van der Waals surface area contributed by atoms with Crippen LogP contribution in [0.5, 0.6) is 0 Å². The molecule has 0 radical (unpaired) electrons. The van der Waals surface area contributed by atoms with E-state index in [1.807, 2.05) is 0 Å². The second kappa shape index (κ2) is 7.13. The van der Waals surface area contributed by atoms with Crippen molar-refractivity contribution >= 4 is 22.6 Å². The largest absolute Gasteiger partial charge is 0.375 e. The van der Waals surface area contributed by atoms with Crippen LogP contribution in [0.25, 0.3) is 0 Å². The van der Waals surface area contributed by atoms with Crippen molar-refractivity contribution in [2.45, 2.75) is 52.1 Å². The maximum absolute atomic E-state index is 5.72. The molecule has 0 bridgehead atoms. The van der Waals surface area contributed by atoms with Crippen LogP contribution in [-0.4, -0.2) is 16.6 Å². The molecule has 0 amide bonds. The van der Waals surface area contributed by atoms with Crippen molar-refractivity contribution in [3.8, 4) is 0 Å². The number of ether oxygens (including phenoxy) is 1. The van der Waals surface area contributed by atoms with Gasteiger partial charge in [-0.3, -0.25) is 0 Å². The van der Waals surface area contributed by atoms with Crippen molar-refractivity contribution in [2.24, 2.45) is 0 Å². The number of rotatable bonds is 7. The first-order chi connectivity index (χ1) is 5.62. The van der Waals surface area contributed by atoms with Gasteiger partial charge in [0.1, 0.15) is 0 Å². The van der Waals surface area contributed by atoms with Gasteiger partial charge in [-0.1, -0.05) is 48.8 Å². The highest BCUT2D eigenvalue weighted by molar-refractivity contribution is 14.1. The standard InChI is InChI=1S/C10H21IO/c1-4-5-6-7-8-12-10(2,3)9-11/h4-9H2,1-3H3. The van der Waals surface area contributed by atoms with E-state index in [0.29, 0.717) is 0 Å². The van der Waals surface area contributed by atoms with Crippen LogP contribution in [0, 0.1) is 0 Å². The highest BCUT2D eigenvalue weighted by Crippen LogP contribution is 2.13. The van der Waals surface area contributed by atoms with Gasteiger partial charge in [0.2, 0.25) is 0 Å². The zero-order chi connectivity index (χ0) is 9.45. The van der Waals surface area contributed by atoms with Gasteiger partial charge >= 0.3 is 0 Å². The lowest BCUT2D eigenvalue weighted by molar-refractivity contribution is 0.00117. The van der Waals surface area contributed by atoms with Crippen molar-refractivity contribution < 1.29 is 4.74 Å². The van der Waals surface area contributed by atoms with Gasteiger partial charge in [-0.05, 0) is 20.3 Å². The molecular formula is C10H21IO. The van der Waals surface area contributed by atoms with E-state index in [1.54, 1.807) is 0 Å². The van der Waals surface area contributed by atoms with Crippen LogP contribution < -0.4 is 0 Å². The average Bonchev–Trinajstić information content (AvgIpc) is 2.04. The third-order valence-electron chi connectivity index (χ3n) is 1.81. The number of hydrogen-bond donors (Lipinski definition) is 0. The smallest absolute Gasteiger partial charge is 0.0715 e. The fraction of sp³-hybridized carbons (Fsp3) is 1.00. The van der Waals surface area contributed by atoms with Gasteiger partial charge in [0.05, 0.1) is 5.60 Å². The Balaban J connectivity index is 3.19. The summed E-state index contributed by atoms with van der Waals surface area (Å²) in [4.78, 5) is 0. The first-order valence-corrected chi connectivity index (χ1v) is 6.35. The molecule has 0 heterocycles. The van der Waals surface area contributed by atoms with E-state index in [4.69, 9.17) is 4.74 Å². The highest BCUT2D eigenvalue weighted by atomic mass is 127. The minimum atomic E-state index is 0.0762. The Morgan fingerprint density at radius 3 is 2.33 bits per heavy atom. The predicted molar refractivity (Wildman–Crippen MR) is 63.1 cm³/mol. The molecule has 0 aliphatic rings. The summed E-state index contributed by atoms with van der Waals surface area (Å²) in [7, 11) is 0. The van der Waals surface area contributed by atoms with E-state index in [1.165, 1.54) is 25.7 Å². The number of hydrogen-bond acceptors (Lipinski definition) is 1. The van der Waals surface area contributed by atoms with Crippen molar-refractivity contribution in [3.05, 3.63) is 0 Å². The lowest BCUT2D eigenvalue weighted by Crippen LogP contribution is -2.26. The summed E-state index contributed by atoms with van der Waals surface area (Å²) < 4.78 is 6.79. The van der Waals surface area contributed by atoms with Crippen LogP contribution in [0.4, 0.5) is 0 Å². The van der Waals surface area contributed by atoms with E-state index in [-0.39, 0.29) is 5.60 Å². The Labute approximate surface area is 90.4 Å². The fourth-order valence-electron chi connectivity index (χ4n) is 0.916. The molecule has 0 saturated carbocycles. The molecular weight excluding hydrogens is 263 g/mol. The summed E-state index contributed by atoms with van der Waals surface area (Å²) in [6.07, 6.45) is 5.17. The van der Waals surface area contributed by atoms with Gasteiger partial charge in [0.25, 0.3) is 0 Å². The van der Waals surface area contributed by atoms with Gasteiger partial charge in [-0.15, -0.1) is 0 Å². The molecule has 0 saturated heterocycles. The van der Waals surface area contributed by atoms with E-state index in [9.17, 15) is 0 Å². The first-order valence-electron chi connectivity index (χ1n) is 4.82. The normalized spacial score (nSPS) is 12.0. The number of halogens is 1. The molecule has 0 aromatic heterocycles. The Kier molecular flexibility index (Phi) is 7.54. The van der Waals surface area contributed by atoms with Gasteiger partial charge in [-0.2, -0.15) is 0 Å². The summed E-state index contributed by atoms with van der Waals surface area (Å²) in [5.74, 6) is 0. The van der Waals surface area contributed by atoms with E-state index < -0.39 is 0 Å². The summed E-state index contributed by atoms with van der Waals surface area (Å²) in [5, 5.41) is 0. The van der Waals surface area contributed by atoms with Crippen molar-refractivity contribution in [3.63, 3.8) is 0 Å². The van der Waals surface area contributed by atoms with Crippen molar-refractivity contribution in [1.29, 1.82) is 0 Å². The quantitative estimate of drug-likeness (QED) is 0.392. The minimum absolute atomic E-state index is 0.0762. The highest BCUT2D eigenvalue weighted by Gasteiger charge is 2.15. The van der Waals surface area contributed by atoms with Crippen LogP contribution in [0.15, 0.2) is 0 Å².